The maximum atomic E-state index is 4.80. The predicted octanol–water partition coefficient (Wildman–Crippen LogP) is 3.50. The van der Waals surface area contributed by atoms with Crippen LogP contribution in [0.15, 0.2) is 46.1 Å². The van der Waals surface area contributed by atoms with E-state index in [1.54, 1.807) is 13.3 Å². The molecule has 0 radical (unpaired) electrons. The SMILES string of the molecule is CN=C(NCCc1ccc(C(C)(C)C)cc1)NCc1ccon1.I. The van der Waals surface area contributed by atoms with Crippen molar-refractivity contribution in [2.45, 2.75) is 39.2 Å². The number of nitrogens with one attached hydrogen (secondary N) is 2. The molecule has 1 heterocycles. The van der Waals surface area contributed by atoms with Gasteiger partial charge in [-0.3, -0.25) is 4.99 Å². The van der Waals surface area contributed by atoms with Crippen LogP contribution in [-0.2, 0) is 18.4 Å². The molecule has 6 heteroatoms. The number of hydrogen-bond donors (Lipinski definition) is 2. The van der Waals surface area contributed by atoms with Crippen LogP contribution in [0.25, 0.3) is 0 Å². The van der Waals surface area contributed by atoms with Gasteiger partial charge >= 0.3 is 0 Å². The van der Waals surface area contributed by atoms with E-state index in [-0.39, 0.29) is 29.4 Å². The molecule has 0 spiro atoms. The lowest BCUT2D eigenvalue weighted by Gasteiger charge is -2.19. The first-order chi connectivity index (χ1) is 11.0. The second kappa shape index (κ2) is 9.66. The number of guanidine groups is 1. The van der Waals surface area contributed by atoms with Crippen LogP contribution in [-0.4, -0.2) is 24.7 Å². The van der Waals surface area contributed by atoms with E-state index < -0.39 is 0 Å². The molecule has 0 saturated heterocycles. The number of aliphatic imine (C=N–C) groups is 1. The van der Waals surface area contributed by atoms with Crippen molar-refractivity contribution in [1.82, 2.24) is 15.8 Å². The summed E-state index contributed by atoms with van der Waals surface area (Å²) in [6.45, 7) is 8.11. The Morgan fingerprint density at radius 1 is 1.12 bits per heavy atom. The third kappa shape index (κ3) is 6.51. The van der Waals surface area contributed by atoms with E-state index in [1.807, 2.05) is 6.07 Å². The topological polar surface area (TPSA) is 62.5 Å². The summed E-state index contributed by atoms with van der Waals surface area (Å²) in [4.78, 5) is 4.20. The first-order valence-electron chi connectivity index (χ1n) is 7.92. The molecule has 0 fully saturated rings. The molecular formula is C18H27IN4O. The van der Waals surface area contributed by atoms with Crippen LogP contribution in [0.2, 0.25) is 0 Å². The summed E-state index contributed by atoms with van der Waals surface area (Å²) in [5.41, 5.74) is 3.73. The molecule has 0 amide bonds. The van der Waals surface area contributed by atoms with E-state index in [0.717, 1.165) is 24.6 Å². The Morgan fingerprint density at radius 3 is 2.38 bits per heavy atom. The molecule has 0 atom stereocenters. The van der Waals surface area contributed by atoms with Gasteiger partial charge in [0.1, 0.15) is 12.0 Å². The molecule has 1 aromatic carbocycles. The summed E-state index contributed by atoms with van der Waals surface area (Å²) >= 11 is 0. The van der Waals surface area contributed by atoms with E-state index in [2.05, 4.69) is 65.8 Å². The van der Waals surface area contributed by atoms with Crippen molar-refractivity contribution < 1.29 is 4.52 Å². The third-order valence-corrected chi connectivity index (χ3v) is 3.68. The molecule has 2 N–H and O–H groups in total. The van der Waals surface area contributed by atoms with Gasteiger partial charge < -0.3 is 15.2 Å². The summed E-state index contributed by atoms with van der Waals surface area (Å²) in [5, 5.41) is 10.4. The van der Waals surface area contributed by atoms with Gasteiger partial charge in [0, 0.05) is 19.7 Å². The average Bonchev–Trinajstić information content (AvgIpc) is 3.03. The van der Waals surface area contributed by atoms with Gasteiger partial charge in [-0.2, -0.15) is 0 Å². The Hall–Kier alpha value is -1.57. The van der Waals surface area contributed by atoms with Crippen molar-refractivity contribution in [3.05, 3.63) is 53.4 Å². The van der Waals surface area contributed by atoms with E-state index in [1.165, 1.54) is 11.1 Å². The maximum Gasteiger partial charge on any atom is 0.191 e. The molecule has 0 unspecified atom stereocenters. The van der Waals surface area contributed by atoms with Gasteiger partial charge in [0.15, 0.2) is 5.96 Å². The lowest BCUT2D eigenvalue weighted by molar-refractivity contribution is 0.410. The van der Waals surface area contributed by atoms with Crippen molar-refractivity contribution in [1.29, 1.82) is 0 Å². The second-order valence-electron chi connectivity index (χ2n) is 6.54. The maximum absolute atomic E-state index is 4.80. The van der Waals surface area contributed by atoms with Crippen LogP contribution in [0.4, 0.5) is 0 Å². The zero-order valence-corrected chi connectivity index (χ0v) is 17.1. The lowest BCUT2D eigenvalue weighted by atomic mass is 9.86. The van der Waals surface area contributed by atoms with Gasteiger partial charge in [-0.05, 0) is 23.0 Å². The Labute approximate surface area is 161 Å². The smallest absolute Gasteiger partial charge is 0.191 e. The Morgan fingerprint density at radius 2 is 1.83 bits per heavy atom. The van der Waals surface area contributed by atoms with E-state index in [4.69, 9.17) is 4.52 Å². The minimum absolute atomic E-state index is 0. The first kappa shape index (κ1) is 20.5. The molecule has 0 saturated carbocycles. The van der Waals surface area contributed by atoms with Crippen LogP contribution in [0.1, 0.15) is 37.6 Å². The zero-order valence-electron chi connectivity index (χ0n) is 14.8. The van der Waals surface area contributed by atoms with Gasteiger partial charge in [0.05, 0.1) is 6.54 Å². The minimum atomic E-state index is 0. The predicted molar refractivity (Wildman–Crippen MR) is 109 cm³/mol. The van der Waals surface area contributed by atoms with Crippen molar-refractivity contribution in [2.24, 2.45) is 4.99 Å². The number of aromatic nitrogens is 1. The monoisotopic (exact) mass is 442 g/mol. The van der Waals surface area contributed by atoms with Crippen LogP contribution >= 0.6 is 24.0 Å². The molecule has 2 rings (SSSR count). The van der Waals surface area contributed by atoms with Gasteiger partial charge in [0.25, 0.3) is 0 Å². The fourth-order valence-electron chi connectivity index (χ4n) is 2.22. The molecule has 0 aliphatic carbocycles. The summed E-state index contributed by atoms with van der Waals surface area (Å²) in [5.74, 6) is 0.763. The Balaban J connectivity index is 0.00000288. The fraction of sp³-hybridized carbons (Fsp3) is 0.444. The first-order valence-corrected chi connectivity index (χ1v) is 7.92. The van der Waals surface area contributed by atoms with Crippen LogP contribution in [0.5, 0.6) is 0 Å². The van der Waals surface area contributed by atoms with Gasteiger partial charge in [-0.15, -0.1) is 24.0 Å². The molecular weight excluding hydrogens is 415 g/mol. The Kier molecular flexibility index (Phi) is 8.24. The van der Waals surface area contributed by atoms with Crippen molar-refractivity contribution >= 4 is 29.9 Å². The molecule has 1 aromatic heterocycles. The van der Waals surface area contributed by atoms with Gasteiger partial charge in [-0.1, -0.05) is 50.2 Å². The van der Waals surface area contributed by atoms with Gasteiger partial charge in [0.2, 0.25) is 0 Å². The zero-order chi connectivity index (χ0) is 16.7. The number of halogens is 1. The quantitative estimate of drug-likeness (QED) is 0.423. The lowest BCUT2D eigenvalue weighted by Crippen LogP contribution is -2.37. The highest BCUT2D eigenvalue weighted by molar-refractivity contribution is 14.0. The molecule has 5 nitrogen and oxygen atoms in total. The normalized spacial score (nSPS) is 11.8. The number of nitrogens with zero attached hydrogens (tertiary/aromatic N) is 2. The van der Waals surface area contributed by atoms with Crippen LogP contribution in [0, 0.1) is 0 Å². The molecule has 0 bridgehead atoms. The number of benzene rings is 1. The van der Waals surface area contributed by atoms with E-state index in [0.29, 0.717) is 6.54 Å². The summed E-state index contributed by atoms with van der Waals surface area (Å²) in [6, 6.07) is 10.7. The third-order valence-electron chi connectivity index (χ3n) is 3.68. The summed E-state index contributed by atoms with van der Waals surface area (Å²) < 4.78 is 4.80. The summed E-state index contributed by atoms with van der Waals surface area (Å²) in [7, 11) is 1.76. The Bertz CT molecular complexity index is 615. The summed E-state index contributed by atoms with van der Waals surface area (Å²) in [6.07, 6.45) is 2.52. The average molecular weight is 442 g/mol. The fourth-order valence-corrected chi connectivity index (χ4v) is 2.22. The molecule has 132 valence electrons. The molecule has 2 aromatic rings. The molecule has 24 heavy (non-hydrogen) atoms. The van der Waals surface area contributed by atoms with Crippen LogP contribution < -0.4 is 10.6 Å². The van der Waals surface area contributed by atoms with Crippen molar-refractivity contribution in [2.75, 3.05) is 13.6 Å². The standard InChI is InChI=1S/C18H26N4O.HI/c1-18(2,3)15-7-5-14(6-8-15)9-11-20-17(19-4)21-13-16-10-12-23-22-16;/h5-8,10,12H,9,11,13H2,1-4H3,(H2,19,20,21);1H. The highest BCUT2D eigenvalue weighted by Crippen LogP contribution is 2.22. The molecule has 0 aliphatic heterocycles. The van der Waals surface area contributed by atoms with Gasteiger partial charge in [-0.25, -0.2) is 0 Å². The highest BCUT2D eigenvalue weighted by Gasteiger charge is 2.12. The van der Waals surface area contributed by atoms with E-state index in [9.17, 15) is 0 Å². The van der Waals surface area contributed by atoms with Crippen molar-refractivity contribution in [3.8, 4) is 0 Å². The van der Waals surface area contributed by atoms with Crippen molar-refractivity contribution in [3.63, 3.8) is 0 Å². The number of rotatable bonds is 5. The largest absolute Gasteiger partial charge is 0.364 e. The van der Waals surface area contributed by atoms with E-state index >= 15 is 0 Å². The number of hydrogen-bond acceptors (Lipinski definition) is 3. The van der Waals surface area contributed by atoms with Crippen LogP contribution in [0.3, 0.4) is 0 Å². The second-order valence-corrected chi connectivity index (χ2v) is 6.54. The highest BCUT2D eigenvalue weighted by atomic mass is 127. The minimum Gasteiger partial charge on any atom is -0.364 e. The molecule has 0 aliphatic rings.